The van der Waals surface area contributed by atoms with Crippen molar-refractivity contribution in [2.75, 3.05) is 18.0 Å². The topological polar surface area (TPSA) is 57.7 Å². The summed E-state index contributed by atoms with van der Waals surface area (Å²) in [6.07, 6.45) is 0. The first-order valence-corrected chi connectivity index (χ1v) is 9.93. The SMILES string of the molecule is O=C1c2ccccc2C(=O)N1CCN(C(=O)c1ccc(Br)cc1)c1ccccc1. The minimum absolute atomic E-state index is 0.115. The highest BCUT2D eigenvalue weighted by Crippen LogP contribution is 2.23. The molecule has 0 saturated heterocycles. The molecular formula is C23H17BrN2O3. The highest BCUT2D eigenvalue weighted by molar-refractivity contribution is 9.10. The molecule has 0 N–H and O–H groups in total. The molecule has 1 heterocycles. The molecule has 3 aromatic rings. The van der Waals surface area contributed by atoms with Gasteiger partial charge < -0.3 is 4.90 Å². The van der Waals surface area contributed by atoms with Crippen molar-refractivity contribution in [2.24, 2.45) is 0 Å². The first kappa shape index (κ1) is 19.1. The maximum atomic E-state index is 13.2. The van der Waals surface area contributed by atoms with Gasteiger partial charge >= 0.3 is 0 Å². The fourth-order valence-corrected chi connectivity index (χ4v) is 3.61. The highest BCUT2D eigenvalue weighted by atomic mass is 79.9. The van der Waals surface area contributed by atoms with Crippen LogP contribution in [-0.2, 0) is 0 Å². The van der Waals surface area contributed by atoms with Crippen molar-refractivity contribution in [2.45, 2.75) is 0 Å². The van der Waals surface area contributed by atoms with E-state index in [1.807, 2.05) is 30.3 Å². The minimum atomic E-state index is -0.324. The number of hydrogen-bond acceptors (Lipinski definition) is 3. The molecule has 0 bridgehead atoms. The van der Waals surface area contributed by atoms with Gasteiger partial charge in [-0.25, -0.2) is 0 Å². The van der Waals surface area contributed by atoms with E-state index >= 15 is 0 Å². The smallest absolute Gasteiger partial charge is 0.261 e. The number of rotatable bonds is 5. The standard InChI is InChI=1S/C23H17BrN2O3/c24-17-12-10-16(11-13-17)21(27)25(18-6-2-1-3-7-18)14-15-26-22(28)19-8-4-5-9-20(19)23(26)29/h1-13H,14-15H2. The zero-order valence-corrected chi connectivity index (χ0v) is 17.0. The Kier molecular flexibility index (Phi) is 5.27. The Hall–Kier alpha value is -3.25. The third-order valence-electron chi connectivity index (χ3n) is 4.83. The van der Waals surface area contributed by atoms with Crippen LogP contribution in [0.15, 0.2) is 83.3 Å². The predicted octanol–water partition coefficient (Wildman–Crippen LogP) is 4.39. The van der Waals surface area contributed by atoms with E-state index in [1.165, 1.54) is 4.90 Å². The molecule has 0 aliphatic carbocycles. The van der Waals surface area contributed by atoms with Gasteiger partial charge in [-0.05, 0) is 48.5 Å². The lowest BCUT2D eigenvalue weighted by atomic mass is 10.1. The summed E-state index contributed by atoms with van der Waals surface area (Å²) in [4.78, 5) is 41.2. The van der Waals surface area contributed by atoms with Crippen LogP contribution < -0.4 is 4.90 Å². The molecule has 1 aliphatic heterocycles. The Morgan fingerprint density at radius 1 is 0.793 bits per heavy atom. The van der Waals surface area contributed by atoms with Gasteiger partial charge in [-0.3, -0.25) is 19.3 Å². The van der Waals surface area contributed by atoms with Gasteiger partial charge in [0.15, 0.2) is 0 Å². The number of hydrogen-bond donors (Lipinski definition) is 0. The summed E-state index contributed by atoms with van der Waals surface area (Å²) in [6.45, 7) is 0.313. The van der Waals surface area contributed by atoms with Crippen molar-refractivity contribution in [3.8, 4) is 0 Å². The van der Waals surface area contributed by atoms with E-state index in [-0.39, 0.29) is 30.8 Å². The molecule has 0 unspecified atom stereocenters. The van der Waals surface area contributed by atoms with Crippen molar-refractivity contribution >= 4 is 39.3 Å². The molecule has 0 fully saturated rings. The summed E-state index contributed by atoms with van der Waals surface area (Å²) in [6, 6.07) is 23.1. The van der Waals surface area contributed by atoms with Gasteiger partial charge in [0.05, 0.1) is 11.1 Å². The van der Waals surface area contributed by atoms with E-state index in [0.717, 1.165) is 4.47 Å². The number of anilines is 1. The predicted molar refractivity (Wildman–Crippen MR) is 114 cm³/mol. The summed E-state index contributed by atoms with van der Waals surface area (Å²) in [5.74, 6) is -0.843. The van der Waals surface area contributed by atoms with E-state index in [1.54, 1.807) is 53.4 Å². The molecule has 4 rings (SSSR count). The lowest BCUT2D eigenvalue weighted by molar-refractivity contribution is 0.0654. The number of carbonyl (C=O) groups is 3. The zero-order chi connectivity index (χ0) is 20.4. The van der Waals surface area contributed by atoms with Crippen molar-refractivity contribution in [3.05, 3.63) is 100 Å². The Morgan fingerprint density at radius 3 is 1.93 bits per heavy atom. The van der Waals surface area contributed by atoms with Crippen LogP contribution in [0.3, 0.4) is 0 Å². The molecule has 3 amide bonds. The number of carbonyl (C=O) groups excluding carboxylic acids is 3. The summed E-state index contributed by atoms with van der Waals surface area (Å²) >= 11 is 3.37. The van der Waals surface area contributed by atoms with Gasteiger partial charge in [-0.2, -0.15) is 0 Å². The van der Waals surface area contributed by atoms with Crippen LogP contribution in [0.5, 0.6) is 0 Å². The molecule has 144 valence electrons. The number of imide groups is 1. The quantitative estimate of drug-likeness (QED) is 0.543. The Morgan fingerprint density at radius 2 is 1.34 bits per heavy atom. The van der Waals surface area contributed by atoms with Gasteiger partial charge in [-0.15, -0.1) is 0 Å². The number of para-hydroxylation sites is 1. The summed E-state index contributed by atoms with van der Waals surface area (Å²) in [5, 5.41) is 0. The van der Waals surface area contributed by atoms with Gasteiger partial charge in [-0.1, -0.05) is 46.3 Å². The molecule has 1 aliphatic rings. The Balaban J connectivity index is 1.59. The van der Waals surface area contributed by atoms with Crippen LogP contribution in [0.25, 0.3) is 0 Å². The third-order valence-corrected chi connectivity index (χ3v) is 5.36. The second-order valence-corrected chi connectivity index (χ2v) is 7.52. The molecule has 6 heteroatoms. The van der Waals surface area contributed by atoms with Crippen molar-refractivity contribution in [1.29, 1.82) is 0 Å². The van der Waals surface area contributed by atoms with Gasteiger partial charge in [0, 0.05) is 28.8 Å². The number of fused-ring (bicyclic) bond motifs is 1. The van der Waals surface area contributed by atoms with Crippen LogP contribution in [0.2, 0.25) is 0 Å². The van der Waals surface area contributed by atoms with Crippen LogP contribution in [0.1, 0.15) is 31.1 Å². The molecule has 0 radical (unpaired) electrons. The van der Waals surface area contributed by atoms with E-state index in [0.29, 0.717) is 22.4 Å². The molecule has 0 saturated carbocycles. The van der Waals surface area contributed by atoms with Gasteiger partial charge in [0.1, 0.15) is 0 Å². The largest absolute Gasteiger partial charge is 0.307 e. The molecule has 29 heavy (non-hydrogen) atoms. The van der Waals surface area contributed by atoms with Gasteiger partial charge in [0.25, 0.3) is 17.7 Å². The van der Waals surface area contributed by atoms with Crippen molar-refractivity contribution < 1.29 is 14.4 Å². The lowest BCUT2D eigenvalue weighted by Crippen LogP contribution is -2.41. The average molecular weight is 449 g/mol. The maximum Gasteiger partial charge on any atom is 0.261 e. The summed E-state index contributed by atoms with van der Waals surface area (Å²) in [5.41, 5.74) is 2.04. The monoisotopic (exact) mass is 448 g/mol. The van der Waals surface area contributed by atoms with Crippen LogP contribution in [0.4, 0.5) is 5.69 Å². The van der Waals surface area contributed by atoms with Crippen LogP contribution in [-0.4, -0.2) is 35.7 Å². The Labute approximate surface area is 176 Å². The lowest BCUT2D eigenvalue weighted by Gasteiger charge is -2.25. The number of benzene rings is 3. The fraction of sp³-hybridized carbons (Fsp3) is 0.0870. The highest BCUT2D eigenvalue weighted by Gasteiger charge is 2.35. The number of halogens is 1. The maximum absolute atomic E-state index is 13.2. The van der Waals surface area contributed by atoms with Crippen molar-refractivity contribution in [1.82, 2.24) is 4.90 Å². The van der Waals surface area contributed by atoms with E-state index in [4.69, 9.17) is 0 Å². The van der Waals surface area contributed by atoms with Gasteiger partial charge in [0.2, 0.25) is 0 Å². The molecule has 5 nitrogen and oxygen atoms in total. The molecule has 0 atom stereocenters. The minimum Gasteiger partial charge on any atom is -0.307 e. The first-order valence-electron chi connectivity index (χ1n) is 9.14. The molecular weight excluding hydrogens is 432 g/mol. The summed E-state index contributed by atoms with van der Waals surface area (Å²) in [7, 11) is 0. The number of amides is 3. The van der Waals surface area contributed by atoms with Crippen LogP contribution in [0, 0.1) is 0 Å². The molecule has 0 spiro atoms. The average Bonchev–Trinajstić information content (AvgIpc) is 3.00. The van der Waals surface area contributed by atoms with Crippen LogP contribution >= 0.6 is 15.9 Å². The normalized spacial score (nSPS) is 12.8. The van der Waals surface area contributed by atoms with E-state index in [9.17, 15) is 14.4 Å². The Bertz CT molecular complexity index is 1050. The molecule has 0 aromatic heterocycles. The molecule has 3 aromatic carbocycles. The second kappa shape index (κ2) is 8.01. The van der Waals surface area contributed by atoms with E-state index in [2.05, 4.69) is 15.9 Å². The second-order valence-electron chi connectivity index (χ2n) is 6.61. The summed E-state index contributed by atoms with van der Waals surface area (Å²) < 4.78 is 0.881. The first-order chi connectivity index (χ1) is 14.1. The number of nitrogens with zero attached hydrogens (tertiary/aromatic N) is 2. The fourth-order valence-electron chi connectivity index (χ4n) is 3.35. The zero-order valence-electron chi connectivity index (χ0n) is 15.4. The van der Waals surface area contributed by atoms with Crippen molar-refractivity contribution in [3.63, 3.8) is 0 Å². The third kappa shape index (κ3) is 3.71. The van der Waals surface area contributed by atoms with E-state index < -0.39 is 0 Å².